The van der Waals surface area contributed by atoms with Crippen LogP contribution in [0.15, 0.2) is 54.6 Å². The van der Waals surface area contributed by atoms with Crippen LogP contribution < -0.4 is 0 Å². The second-order valence-electron chi connectivity index (χ2n) is 7.80. The molecule has 0 bridgehead atoms. The quantitative estimate of drug-likeness (QED) is 0.544. The molecule has 0 heterocycles. The van der Waals surface area contributed by atoms with Crippen molar-refractivity contribution in [3.63, 3.8) is 0 Å². The van der Waals surface area contributed by atoms with Gasteiger partial charge in [0.15, 0.2) is 0 Å². The van der Waals surface area contributed by atoms with E-state index in [1.807, 2.05) is 12.1 Å². The number of nitrogens with zero attached hydrogens (tertiary/aromatic N) is 1. The Balaban J connectivity index is 1.46. The lowest BCUT2D eigenvalue weighted by molar-refractivity contribution is 0.0428. The summed E-state index contributed by atoms with van der Waals surface area (Å²) >= 11 is 0. The summed E-state index contributed by atoms with van der Waals surface area (Å²) in [4.78, 5) is 2.53. The summed E-state index contributed by atoms with van der Waals surface area (Å²) in [6.07, 6.45) is 0.923. The number of likely N-dealkylation sites (N-methyl/N-ethyl adjacent to an activating group) is 1. The average molecular weight is 372 g/mol. The van der Waals surface area contributed by atoms with Gasteiger partial charge in [-0.25, -0.2) is 8.78 Å². The van der Waals surface area contributed by atoms with E-state index in [-0.39, 0.29) is 5.92 Å². The van der Waals surface area contributed by atoms with Crippen LogP contribution in [0.1, 0.15) is 49.3 Å². The molecule has 3 heteroatoms. The highest BCUT2D eigenvalue weighted by molar-refractivity contribution is 5.29. The minimum absolute atomic E-state index is 0.249. The van der Waals surface area contributed by atoms with Gasteiger partial charge in [-0.15, -0.1) is 0 Å². The summed E-state index contributed by atoms with van der Waals surface area (Å²) in [5.74, 6) is -0.249. The lowest BCUT2D eigenvalue weighted by Crippen LogP contribution is -2.38. The molecule has 2 aromatic carbocycles. The molecule has 0 amide bonds. The van der Waals surface area contributed by atoms with E-state index < -0.39 is 12.3 Å². The number of benzene rings is 2. The third kappa shape index (κ3) is 5.16. The molecule has 1 nitrogen and oxygen atoms in total. The van der Waals surface area contributed by atoms with Crippen LogP contribution in [0.2, 0.25) is 0 Å². The van der Waals surface area contributed by atoms with Crippen molar-refractivity contribution in [3.05, 3.63) is 71.3 Å². The summed E-state index contributed by atoms with van der Waals surface area (Å²) in [5.41, 5.74) is 3.60. The Morgan fingerprint density at radius 2 is 1.63 bits per heavy atom. The molecule has 0 radical (unpaired) electrons. The van der Waals surface area contributed by atoms with Gasteiger partial charge >= 0.3 is 0 Å². The number of rotatable bonds is 9. The van der Waals surface area contributed by atoms with E-state index in [0.29, 0.717) is 12.5 Å². The summed E-state index contributed by atoms with van der Waals surface area (Å²) < 4.78 is 26.6. The van der Waals surface area contributed by atoms with Gasteiger partial charge in [0.25, 0.3) is 0 Å². The van der Waals surface area contributed by atoms with Crippen LogP contribution in [0.4, 0.5) is 8.78 Å². The predicted molar refractivity (Wildman–Crippen MR) is 109 cm³/mol. The third-order valence-corrected chi connectivity index (χ3v) is 6.03. The van der Waals surface area contributed by atoms with Crippen LogP contribution in [-0.4, -0.2) is 36.4 Å². The van der Waals surface area contributed by atoms with Crippen LogP contribution in [0, 0.1) is 0 Å². The van der Waals surface area contributed by atoms with Crippen LogP contribution >= 0.6 is 0 Å². The van der Waals surface area contributed by atoms with E-state index >= 15 is 0 Å². The standard InChI is InChI=1S/C24H31F2N/c1-3-27(16-15-19-7-5-4-6-8-19)18(2)9-10-20-11-13-21(14-12-20)22-17-23(25)24(22)26/h4-8,11-14,18,22-24H,3,9-10,15-17H2,1-2H3. The largest absolute Gasteiger partial charge is 0.301 e. The van der Waals surface area contributed by atoms with Crippen molar-refractivity contribution in [1.29, 1.82) is 0 Å². The molecule has 146 valence electrons. The van der Waals surface area contributed by atoms with Gasteiger partial charge < -0.3 is 4.90 Å². The van der Waals surface area contributed by atoms with Crippen molar-refractivity contribution in [2.75, 3.05) is 13.1 Å². The van der Waals surface area contributed by atoms with Gasteiger partial charge in [-0.3, -0.25) is 0 Å². The molecule has 1 saturated carbocycles. The van der Waals surface area contributed by atoms with Gasteiger partial charge in [-0.2, -0.15) is 0 Å². The Kier molecular flexibility index (Phi) is 7.01. The highest BCUT2D eigenvalue weighted by atomic mass is 19.2. The molecular weight excluding hydrogens is 340 g/mol. The van der Waals surface area contributed by atoms with Crippen LogP contribution in [0.25, 0.3) is 0 Å². The Bertz CT molecular complexity index is 685. The Hall–Kier alpha value is -1.74. The fraction of sp³-hybridized carbons (Fsp3) is 0.500. The van der Waals surface area contributed by atoms with E-state index in [0.717, 1.165) is 37.9 Å². The van der Waals surface area contributed by atoms with Crippen molar-refractivity contribution in [1.82, 2.24) is 4.90 Å². The minimum atomic E-state index is -1.32. The summed E-state index contributed by atoms with van der Waals surface area (Å²) in [7, 11) is 0. The molecule has 2 aromatic rings. The van der Waals surface area contributed by atoms with Crippen molar-refractivity contribution in [3.8, 4) is 0 Å². The molecule has 1 aliphatic rings. The minimum Gasteiger partial charge on any atom is -0.301 e. The second-order valence-corrected chi connectivity index (χ2v) is 7.80. The zero-order chi connectivity index (χ0) is 19.2. The normalized spacial score (nSPS) is 23.2. The number of halogens is 2. The first kappa shape index (κ1) is 20.0. The topological polar surface area (TPSA) is 3.24 Å². The van der Waals surface area contributed by atoms with Crippen molar-refractivity contribution in [2.45, 2.75) is 63.8 Å². The van der Waals surface area contributed by atoms with E-state index in [1.54, 1.807) is 0 Å². The molecule has 0 N–H and O–H groups in total. The van der Waals surface area contributed by atoms with Crippen LogP contribution in [0.5, 0.6) is 0 Å². The zero-order valence-electron chi connectivity index (χ0n) is 16.5. The Morgan fingerprint density at radius 3 is 2.22 bits per heavy atom. The fourth-order valence-corrected chi connectivity index (χ4v) is 3.98. The molecule has 4 atom stereocenters. The first-order valence-corrected chi connectivity index (χ1v) is 10.2. The Labute approximate surface area is 162 Å². The SMILES string of the molecule is CCN(CCc1ccccc1)C(C)CCc1ccc(C2CC(F)C2F)cc1. The summed E-state index contributed by atoms with van der Waals surface area (Å²) in [6.45, 7) is 6.65. The van der Waals surface area contributed by atoms with Crippen molar-refractivity contribution >= 4 is 0 Å². The van der Waals surface area contributed by atoms with E-state index in [9.17, 15) is 8.78 Å². The maximum atomic E-state index is 13.6. The first-order chi connectivity index (χ1) is 13.1. The summed E-state index contributed by atoms with van der Waals surface area (Å²) in [5, 5.41) is 0. The highest BCUT2D eigenvalue weighted by Gasteiger charge is 2.42. The second kappa shape index (κ2) is 9.45. The number of alkyl halides is 2. The fourth-order valence-electron chi connectivity index (χ4n) is 3.98. The smallest absolute Gasteiger partial charge is 0.138 e. The highest BCUT2D eigenvalue weighted by Crippen LogP contribution is 2.41. The molecule has 3 rings (SSSR count). The molecule has 0 aliphatic heterocycles. The van der Waals surface area contributed by atoms with E-state index in [1.165, 1.54) is 11.1 Å². The molecule has 0 saturated heterocycles. The van der Waals surface area contributed by atoms with Crippen LogP contribution in [0.3, 0.4) is 0 Å². The maximum Gasteiger partial charge on any atom is 0.138 e. The molecule has 0 spiro atoms. The van der Waals surface area contributed by atoms with Crippen molar-refractivity contribution < 1.29 is 8.78 Å². The van der Waals surface area contributed by atoms with Gasteiger partial charge in [-0.1, -0.05) is 61.5 Å². The lowest BCUT2D eigenvalue weighted by Gasteiger charge is -2.34. The van der Waals surface area contributed by atoms with Crippen molar-refractivity contribution in [2.24, 2.45) is 0 Å². The number of aryl methyl sites for hydroxylation is 1. The third-order valence-electron chi connectivity index (χ3n) is 6.03. The average Bonchev–Trinajstić information content (AvgIpc) is 2.72. The summed E-state index contributed by atoms with van der Waals surface area (Å²) in [6, 6.07) is 19.3. The zero-order valence-corrected chi connectivity index (χ0v) is 16.5. The first-order valence-electron chi connectivity index (χ1n) is 10.2. The molecule has 27 heavy (non-hydrogen) atoms. The molecular formula is C24H31F2N. The molecule has 1 fully saturated rings. The molecule has 0 aromatic heterocycles. The van der Waals surface area contributed by atoms with Crippen LogP contribution in [-0.2, 0) is 12.8 Å². The maximum absolute atomic E-state index is 13.6. The van der Waals surface area contributed by atoms with Gasteiger partial charge in [-0.05, 0) is 55.8 Å². The number of hydrogen-bond acceptors (Lipinski definition) is 1. The van der Waals surface area contributed by atoms with Gasteiger partial charge in [0.05, 0.1) is 0 Å². The van der Waals surface area contributed by atoms with Gasteiger partial charge in [0.2, 0.25) is 0 Å². The molecule has 4 unspecified atom stereocenters. The molecule has 1 aliphatic carbocycles. The van der Waals surface area contributed by atoms with Gasteiger partial charge in [0.1, 0.15) is 12.3 Å². The monoisotopic (exact) mass is 371 g/mol. The Morgan fingerprint density at radius 1 is 0.963 bits per heavy atom. The van der Waals surface area contributed by atoms with E-state index in [2.05, 4.69) is 61.2 Å². The van der Waals surface area contributed by atoms with Gasteiger partial charge in [0, 0.05) is 18.5 Å². The van der Waals surface area contributed by atoms with E-state index in [4.69, 9.17) is 0 Å². The lowest BCUT2D eigenvalue weighted by atomic mass is 9.76. The predicted octanol–water partition coefficient (Wildman–Crippen LogP) is 5.74. The number of hydrogen-bond donors (Lipinski definition) is 0.